The van der Waals surface area contributed by atoms with E-state index in [1.807, 2.05) is 24.3 Å². The third kappa shape index (κ3) is 3.90. The molecule has 1 atom stereocenters. The molecule has 1 aromatic carbocycles. The summed E-state index contributed by atoms with van der Waals surface area (Å²) in [7, 11) is 0. The second-order valence-corrected chi connectivity index (χ2v) is 6.86. The Hall–Kier alpha value is -2.02. The Labute approximate surface area is 145 Å². The smallest absolute Gasteiger partial charge is 0.231 e. The molecule has 0 unspecified atom stereocenters. The lowest BCUT2D eigenvalue weighted by atomic mass is 10.1. The third-order valence-electron chi connectivity index (χ3n) is 3.93. The zero-order chi connectivity index (χ0) is 16.9. The molecule has 0 saturated carbocycles. The van der Waals surface area contributed by atoms with Crippen molar-refractivity contribution in [3.8, 4) is 5.75 Å². The van der Waals surface area contributed by atoms with Crippen molar-refractivity contribution in [1.29, 1.82) is 0 Å². The maximum absolute atomic E-state index is 12.3. The van der Waals surface area contributed by atoms with Gasteiger partial charge in [-0.15, -0.1) is 0 Å². The number of hydrogen-bond acceptors (Lipinski definition) is 5. The number of hydrogen-bond donors (Lipinski definition) is 1. The molecule has 2 heterocycles. The molecule has 1 saturated heterocycles. The molecule has 6 nitrogen and oxygen atoms in total. The van der Waals surface area contributed by atoms with Crippen molar-refractivity contribution in [2.24, 2.45) is 10.9 Å². The zero-order valence-electron chi connectivity index (χ0n) is 13.7. The van der Waals surface area contributed by atoms with Crippen molar-refractivity contribution < 1.29 is 14.3 Å². The minimum absolute atomic E-state index is 0.0293. The summed E-state index contributed by atoms with van der Waals surface area (Å²) in [6.45, 7) is 3.87. The zero-order valence-corrected chi connectivity index (χ0v) is 14.5. The van der Waals surface area contributed by atoms with Gasteiger partial charge in [0.1, 0.15) is 5.75 Å². The predicted octanol–water partition coefficient (Wildman–Crippen LogP) is 2.05. The summed E-state index contributed by atoms with van der Waals surface area (Å²) in [5.41, 5.74) is 0.798. The molecule has 0 aliphatic carbocycles. The number of carbonyl (C=O) groups excluding carboxylic acids is 2. The lowest BCUT2D eigenvalue weighted by molar-refractivity contribution is -0.125. The van der Waals surface area contributed by atoms with E-state index in [4.69, 9.17) is 4.74 Å². The van der Waals surface area contributed by atoms with Crippen molar-refractivity contribution in [2.75, 3.05) is 30.3 Å². The molecule has 0 spiro atoms. The first-order valence-electron chi connectivity index (χ1n) is 8.18. The van der Waals surface area contributed by atoms with E-state index in [0.29, 0.717) is 18.3 Å². The molecule has 0 aromatic heterocycles. The molecule has 24 heavy (non-hydrogen) atoms. The molecule has 128 valence electrons. The van der Waals surface area contributed by atoms with E-state index in [1.54, 1.807) is 16.7 Å². The van der Waals surface area contributed by atoms with Gasteiger partial charge in [0.15, 0.2) is 5.17 Å². The van der Waals surface area contributed by atoms with Crippen LogP contribution in [-0.4, -0.2) is 42.4 Å². The van der Waals surface area contributed by atoms with E-state index in [9.17, 15) is 9.59 Å². The summed E-state index contributed by atoms with van der Waals surface area (Å²) in [5, 5.41) is 3.49. The Balaban J connectivity index is 1.60. The highest BCUT2D eigenvalue weighted by atomic mass is 32.2. The fraction of sp³-hybridized carbons (Fsp3) is 0.471. The molecule has 1 aromatic rings. The quantitative estimate of drug-likeness (QED) is 0.885. The van der Waals surface area contributed by atoms with Gasteiger partial charge in [-0.2, -0.15) is 0 Å². The molecule has 2 aliphatic heterocycles. The minimum atomic E-state index is -0.336. The summed E-state index contributed by atoms with van der Waals surface area (Å²) in [5.74, 6) is 1.20. The Morgan fingerprint density at radius 1 is 1.42 bits per heavy atom. The summed E-state index contributed by atoms with van der Waals surface area (Å²) in [6, 6.07) is 7.44. The van der Waals surface area contributed by atoms with Crippen molar-refractivity contribution >= 4 is 34.4 Å². The van der Waals surface area contributed by atoms with Crippen LogP contribution in [0.25, 0.3) is 0 Å². The minimum Gasteiger partial charge on any atom is -0.494 e. The first-order chi connectivity index (χ1) is 11.7. The van der Waals surface area contributed by atoms with Crippen LogP contribution in [0.5, 0.6) is 5.75 Å². The molecule has 3 rings (SSSR count). The molecule has 1 fully saturated rings. The Morgan fingerprint density at radius 2 is 2.21 bits per heavy atom. The summed E-state index contributed by atoms with van der Waals surface area (Å²) in [4.78, 5) is 30.4. The lowest BCUT2D eigenvalue weighted by Gasteiger charge is -2.17. The summed E-state index contributed by atoms with van der Waals surface area (Å²) < 4.78 is 5.55. The monoisotopic (exact) mass is 347 g/mol. The normalized spacial score (nSPS) is 20.2. The van der Waals surface area contributed by atoms with E-state index in [1.165, 1.54) is 0 Å². The van der Waals surface area contributed by atoms with Crippen LogP contribution in [0.4, 0.5) is 5.69 Å². The second-order valence-electron chi connectivity index (χ2n) is 5.77. The maximum atomic E-state index is 12.3. The summed E-state index contributed by atoms with van der Waals surface area (Å²) >= 11 is 1.54. The van der Waals surface area contributed by atoms with Crippen LogP contribution in [0.15, 0.2) is 29.3 Å². The lowest BCUT2D eigenvalue weighted by Crippen LogP contribution is -2.35. The van der Waals surface area contributed by atoms with Crippen molar-refractivity contribution in [1.82, 2.24) is 5.32 Å². The second kappa shape index (κ2) is 7.70. The van der Waals surface area contributed by atoms with Gasteiger partial charge < -0.3 is 15.0 Å². The van der Waals surface area contributed by atoms with Crippen LogP contribution in [0.2, 0.25) is 0 Å². The highest BCUT2D eigenvalue weighted by Gasteiger charge is 2.35. The van der Waals surface area contributed by atoms with E-state index in [-0.39, 0.29) is 24.2 Å². The number of anilines is 1. The first kappa shape index (κ1) is 16.8. The van der Waals surface area contributed by atoms with Gasteiger partial charge in [0.25, 0.3) is 0 Å². The SMILES string of the molecule is CCCOc1ccc(N2C[C@H](C(=O)NC3=NCCS3)CC2=O)cc1. The number of benzene rings is 1. The van der Waals surface area contributed by atoms with Crippen LogP contribution in [0, 0.1) is 5.92 Å². The van der Waals surface area contributed by atoms with Crippen LogP contribution in [0.1, 0.15) is 19.8 Å². The number of rotatable bonds is 5. The van der Waals surface area contributed by atoms with Gasteiger partial charge in [0.2, 0.25) is 11.8 Å². The fourth-order valence-electron chi connectivity index (χ4n) is 2.69. The number of thioether (sulfide) groups is 1. The van der Waals surface area contributed by atoms with Crippen LogP contribution in [-0.2, 0) is 9.59 Å². The Morgan fingerprint density at radius 3 is 2.88 bits per heavy atom. The first-order valence-corrected chi connectivity index (χ1v) is 9.17. The topological polar surface area (TPSA) is 71.0 Å². The van der Waals surface area contributed by atoms with Crippen molar-refractivity contribution in [3.05, 3.63) is 24.3 Å². The number of nitrogens with one attached hydrogen (secondary N) is 1. The van der Waals surface area contributed by atoms with Gasteiger partial charge in [0.05, 0.1) is 19.1 Å². The van der Waals surface area contributed by atoms with Gasteiger partial charge in [0, 0.05) is 24.4 Å². The van der Waals surface area contributed by atoms with Crippen LogP contribution < -0.4 is 15.0 Å². The standard InChI is InChI=1S/C17H21N3O3S/c1-2-8-23-14-5-3-13(4-6-14)20-11-12(10-15(20)21)16(22)19-17-18-7-9-24-17/h3-6,12H,2,7-11H2,1H3,(H,18,19,22)/t12-/m1/s1. The largest absolute Gasteiger partial charge is 0.494 e. The number of nitrogens with zero attached hydrogens (tertiary/aromatic N) is 2. The molecule has 0 bridgehead atoms. The van der Waals surface area contributed by atoms with Crippen molar-refractivity contribution in [2.45, 2.75) is 19.8 Å². The fourth-order valence-corrected chi connectivity index (χ4v) is 3.42. The third-order valence-corrected chi connectivity index (χ3v) is 4.82. The number of ether oxygens (including phenoxy) is 1. The number of carbonyl (C=O) groups is 2. The van der Waals surface area contributed by atoms with Gasteiger partial charge in [-0.1, -0.05) is 18.7 Å². The highest BCUT2D eigenvalue weighted by molar-refractivity contribution is 8.14. The molecule has 2 amide bonds. The van der Waals surface area contributed by atoms with Crippen LogP contribution in [0.3, 0.4) is 0 Å². The number of aliphatic imine (C=N–C) groups is 1. The number of amides is 2. The van der Waals surface area contributed by atoms with Gasteiger partial charge >= 0.3 is 0 Å². The highest BCUT2D eigenvalue weighted by Crippen LogP contribution is 2.27. The average Bonchev–Trinajstić information content (AvgIpc) is 3.23. The maximum Gasteiger partial charge on any atom is 0.231 e. The molecule has 7 heteroatoms. The Bertz CT molecular complexity index is 645. The molecule has 1 N–H and O–H groups in total. The average molecular weight is 347 g/mol. The van der Waals surface area contributed by atoms with E-state index in [0.717, 1.165) is 30.2 Å². The van der Waals surface area contributed by atoms with E-state index in [2.05, 4.69) is 17.2 Å². The van der Waals surface area contributed by atoms with Crippen molar-refractivity contribution in [3.63, 3.8) is 0 Å². The molecule has 2 aliphatic rings. The van der Waals surface area contributed by atoms with Gasteiger partial charge in [-0.3, -0.25) is 14.6 Å². The van der Waals surface area contributed by atoms with E-state index < -0.39 is 0 Å². The summed E-state index contributed by atoms with van der Waals surface area (Å²) in [6.07, 6.45) is 1.19. The molecule has 0 radical (unpaired) electrons. The van der Waals surface area contributed by atoms with Gasteiger partial charge in [-0.05, 0) is 30.7 Å². The van der Waals surface area contributed by atoms with Gasteiger partial charge in [-0.25, -0.2) is 0 Å². The molecular formula is C17H21N3O3S. The van der Waals surface area contributed by atoms with Crippen LogP contribution >= 0.6 is 11.8 Å². The predicted molar refractivity (Wildman–Crippen MR) is 95.6 cm³/mol. The number of amidine groups is 1. The Kier molecular flexibility index (Phi) is 5.40. The molecular weight excluding hydrogens is 326 g/mol. The van der Waals surface area contributed by atoms with E-state index >= 15 is 0 Å².